The lowest BCUT2D eigenvalue weighted by Gasteiger charge is -2.11. The second kappa shape index (κ2) is 6.23. The number of ether oxygens (including phenoxy) is 1. The van der Waals surface area contributed by atoms with Crippen LogP contribution < -0.4 is 20.5 Å². The fraction of sp³-hybridized carbons (Fsp3) is 0.136. The zero-order valence-electron chi connectivity index (χ0n) is 14.9. The molecule has 0 bridgehead atoms. The van der Waals surface area contributed by atoms with Crippen molar-refractivity contribution >= 4 is 33.5 Å². The number of anilines is 1. The summed E-state index contributed by atoms with van der Waals surface area (Å²) in [5.41, 5.74) is 2.90. The third-order valence-electron chi connectivity index (χ3n) is 4.58. The van der Waals surface area contributed by atoms with Crippen LogP contribution in [0.5, 0.6) is 5.75 Å². The molecule has 0 atom stereocenters. The molecule has 0 saturated carbocycles. The number of rotatable bonds is 3. The van der Waals surface area contributed by atoms with E-state index in [2.05, 4.69) is 0 Å². The molecule has 4 heteroatoms. The molecule has 0 amide bonds. The number of benzene rings is 3. The molecule has 3 aromatic carbocycles. The maximum absolute atomic E-state index is 12.9. The van der Waals surface area contributed by atoms with Crippen molar-refractivity contribution in [3.05, 3.63) is 75.8 Å². The topological polar surface area (TPSA) is 42.7 Å². The fourth-order valence-corrected chi connectivity index (χ4v) is 3.21. The van der Waals surface area contributed by atoms with Crippen LogP contribution in [0, 0.1) is 0 Å². The Hall–Kier alpha value is -3.27. The molecule has 26 heavy (non-hydrogen) atoms. The minimum absolute atomic E-state index is 0.118. The van der Waals surface area contributed by atoms with E-state index in [4.69, 9.17) is 9.15 Å². The Morgan fingerprint density at radius 2 is 1.73 bits per heavy atom. The molecule has 0 spiro atoms. The third-order valence-corrected chi connectivity index (χ3v) is 4.58. The quantitative estimate of drug-likeness (QED) is 0.569. The molecule has 4 rings (SSSR count). The van der Waals surface area contributed by atoms with Gasteiger partial charge in [-0.05, 0) is 42.0 Å². The van der Waals surface area contributed by atoms with Crippen molar-refractivity contribution in [2.45, 2.75) is 0 Å². The van der Waals surface area contributed by atoms with Crippen molar-refractivity contribution in [1.82, 2.24) is 0 Å². The van der Waals surface area contributed by atoms with Crippen LogP contribution in [0.25, 0.3) is 27.8 Å². The summed E-state index contributed by atoms with van der Waals surface area (Å²) in [6, 6.07) is 17.3. The molecule has 0 aliphatic heterocycles. The monoisotopic (exact) mass is 345 g/mol. The Bertz CT molecular complexity index is 1200. The van der Waals surface area contributed by atoms with Crippen LogP contribution in [-0.2, 0) is 0 Å². The molecule has 1 aromatic heterocycles. The Balaban J connectivity index is 1.97. The van der Waals surface area contributed by atoms with E-state index in [1.807, 2.05) is 67.5 Å². The van der Waals surface area contributed by atoms with E-state index in [0.29, 0.717) is 16.4 Å². The number of nitrogens with zero attached hydrogens (tertiary/aromatic N) is 1. The molecule has 0 aliphatic carbocycles. The van der Waals surface area contributed by atoms with Crippen LogP contribution in [0.4, 0.5) is 5.69 Å². The van der Waals surface area contributed by atoms with Gasteiger partial charge in [0.15, 0.2) is 5.42 Å². The standard InChI is InChI=1S/C22H19NO3/c1-23(2)15-9-7-14(8-10-15)13-20-22(24)17-11-12-18(25-3)16-5-4-6-19(26-20)21(16)17/h4-13H,1-3H3/b20-13+. The van der Waals surface area contributed by atoms with E-state index in [1.54, 1.807) is 19.3 Å². The van der Waals surface area contributed by atoms with Crippen LogP contribution in [0.3, 0.4) is 0 Å². The average Bonchev–Trinajstić information content (AvgIpc) is 2.66. The van der Waals surface area contributed by atoms with E-state index < -0.39 is 0 Å². The number of methoxy groups -OCH3 is 1. The smallest absolute Gasteiger partial charge is 0.228 e. The molecule has 0 saturated heterocycles. The first-order valence-corrected chi connectivity index (χ1v) is 8.40. The minimum Gasteiger partial charge on any atom is -0.496 e. The summed E-state index contributed by atoms with van der Waals surface area (Å²) < 4.78 is 11.4. The lowest BCUT2D eigenvalue weighted by molar-refractivity contribution is 0.420. The summed E-state index contributed by atoms with van der Waals surface area (Å²) in [6.45, 7) is 0. The van der Waals surface area contributed by atoms with Gasteiger partial charge in [-0.3, -0.25) is 4.79 Å². The molecule has 0 unspecified atom stereocenters. The highest BCUT2D eigenvalue weighted by atomic mass is 16.5. The predicted molar refractivity (Wildman–Crippen MR) is 106 cm³/mol. The van der Waals surface area contributed by atoms with Crippen LogP contribution in [0.15, 0.2) is 63.8 Å². The highest BCUT2D eigenvalue weighted by Gasteiger charge is 2.12. The Labute approximate surface area is 150 Å². The first-order valence-electron chi connectivity index (χ1n) is 8.40. The molecule has 0 fully saturated rings. The first-order chi connectivity index (χ1) is 12.6. The van der Waals surface area contributed by atoms with Crippen molar-refractivity contribution in [3.63, 3.8) is 0 Å². The summed E-state index contributed by atoms with van der Waals surface area (Å²) in [4.78, 5) is 15.0. The van der Waals surface area contributed by atoms with Gasteiger partial charge in [-0.15, -0.1) is 0 Å². The summed E-state index contributed by atoms with van der Waals surface area (Å²) in [5, 5.41) is 2.32. The second-order valence-corrected chi connectivity index (χ2v) is 6.42. The maximum atomic E-state index is 12.9. The van der Waals surface area contributed by atoms with Gasteiger partial charge in [0.25, 0.3) is 0 Å². The zero-order valence-corrected chi connectivity index (χ0v) is 14.9. The minimum atomic E-state index is -0.118. The van der Waals surface area contributed by atoms with Crippen molar-refractivity contribution in [2.24, 2.45) is 0 Å². The van der Waals surface area contributed by atoms with Crippen molar-refractivity contribution in [2.75, 3.05) is 26.1 Å². The average molecular weight is 345 g/mol. The van der Waals surface area contributed by atoms with E-state index in [-0.39, 0.29) is 5.43 Å². The van der Waals surface area contributed by atoms with Crippen molar-refractivity contribution in [1.29, 1.82) is 0 Å². The van der Waals surface area contributed by atoms with Crippen molar-refractivity contribution in [3.8, 4) is 5.75 Å². The number of hydrogen-bond donors (Lipinski definition) is 0. The zero-order chi connectivity index (χ0) is 18.3. The molecule has 0 N–H and O–H groups in total. The highest BCUT2D eigenvalue weighted by Crippen LogP contribution is 2.31. The molecule has 4 aromatic rings. The lowest BCUT2D eigenvalue weighted by atomic mass is 10.0. The summed E-state index contributed by atoms with van der Waals surface area (Å²) in [7, 11) is 5.61. The van der Waals surface area contributed by atoms with Gasteiger partial charge in [-0.2, -0.15) is 0 Å². The second-order valence-electron chi connectivity index (χ2n) is 6.42. The highest BCUT2D eigenvalue weighted by molar-refractivity contribution is 6.09. The number of hydrogen-bond acceptors (Lipinski definition) is 4. The molecule has 4 nitrogen and oxygen atoms in total. The van der Waals surface area contributed by atoms with Gasteiger partial charge in [0, 0.05) is 35.9 Å². The first kappa shape index (κ1) is 16.2. The Morgan fingerprint density at radius 3 is 2.42 bits per heavy atom. The van der Waals surface area contributed by atoms with Gasteiger partial charge in [0.05, 0.1) is 7.11 Å². The van der Waals surface area contributed by atoms with Crippen LogP contribution in [-0.4, -0.2) is 21.2 Å². The molecular weight excluding hydrogens is 326 g/mol. The lowest BCUT2D eigenvalue weighted by Crippen LogP contribution is -2.24. The summed E-state index contributed by atoms with van der Waals surface area (Å²) in [6.07, 6.45) is 1.79. The molecule has 0 aliphatic rings. The van der Waals surface area contributed by atoms with Crippen molar-refractivity contribution < 1.29 is 9.15 Å². The summed E-state index contributed by atoms with van der Waals surface area (Å²) in [5.74, 6) is 0.730. The Kier molecular flexibility index (Phi) is 3.88. The van der Waals surface area contributed by atoms with Gasteiger partial charge in [-0.1, -0.05) is 24.3 Å². The molecule has 0 radical (unpaired) electrons. The van der Waals surface area contributed by atoms with Gasteiger partial charge in [-0.25, -0.2) is 0 Å². The fourth-order valence-electron chi connectivity index (χ4n) is 3.21. The van der Waals surface area contributed by atoms with Crippen LogP contribution in [0.1, 0.15) is 5.56 Å². The SMILES string of the molecule is COc1ccc2c(=O)/c(=C\c3ccc(N(C)C)cc3)oc3cccc1c32. The van der Waals surface area contributed by atoms with E-state index in [9.17, 15) is 4.79 Å². The Morgan fingerprint density at radius 1 is 0.962 bits per heavy atom. The largest absolute Gasteiger partial charge is 0.496 e. The van der Waals surface area contributed by atoms with Gasteiger partial charge < -0.3 is 14.1 Å². The molecule has 1 heterocycles. The van der Waals surface area contributed by atoms with E-state index in [1.165, 1.54) is 0 Å². The van der Waals surface area contributed by atoms with E-state index >= 15 is 0 Å². The van der Waals surface area contributed by atoms with Crippen LogP contribution in [0.2, 0.25) is 0 Å². The third kappa shape index (κ3) is 2.60. The van der Waals surface area contributed by atoms with Gasteiger partial charge >= 0.3 is 0 Å². The molecular formula is C22H19NO3. The maximum Gasteiger partial charge on any atom is 0.228 e. The van der Waals surface area contributed by atoms with Gasteiger partial charge in [0.2, 0.25) is 5.43 Å². The summed E-state index contributed by atoms with van der Waals surface area (Å²) >= 11 is 0. The molecule has 130 valence electrons. The van der Waals surface area contributed by atoms with Gasteiger partial charge in [0.1, 0.15) is 11.3 Å². The van der Waals surface area contributed by atoms with Crippen LogP contribution >= 0.6 is 0 Å². The van der Waals surface area contributed by atoms with E-state index in [0.717, 1.165) is 27.8 Å². The normalized spacial score (nSPS) is 12.0. The predicted octanol–water partition coefficient (Wildman–Crippen LogP) is 3.57.